The topological polar surface area (TPSA) is 87.1 Å². The van der Waals surface area contributed by atoms with Gasteiger partial charge in [0.15, 0.2) is 0 Å². The number of carbonyl (C=O) groups excluding carboxylic acids is 2. The van der Waals surface area contributed by atoms with E-state index in [9.17, 15) is 19.8 Å². The molecule has 0 aliphatic carbocycles. The van der Waals surface area contributed by atoms with Crippen molar-refractivity contribution in [3.8, 4) is 11.5 Å². The molecule has 8 heteroatoms. The molecule has 1 atom stereocenters. The van der Waals surface area contributed by atoms with E-state index in [1.807, 2.05) is 17.5 Å². The Balaban J connectivity index is 1.92. The summed E-state index contributed by atoms with van der Waals surface area (Å²) in [6.45, 7) is 0.187. The van der Waals surface area contributed by atoms with Crippen molar-refractivity contribution in [1.82, 2.24) is 4.90 Å². The summed E-state index contributed by atoms with van der Waals surface area (Å²) in [6.07, 6.45) is 0. The Morgan fingerprint density at radius 2 is 1.97 bits per heavy atom. The number of aromatic hydroxyl groups is 1. The van der Waals surface area contributed by atoms with E-state index >= 15 is 0 Å². The molecule has 1 unspecified atom stereocenters. The van der Waals surface area contributed by atoms with Gasteiger partial charge in [0.25, 0.3) is 11.7 Å². The average molecular weight is 456 g/mol. The summed E-state index contributed by atoms with van der Waals surface area (Å²) in [4.78, 5) is 28.3. The molecule has 3 aromatic rings. The fourth-order valence-corrected chi connectivity index (χ4v) is 4.54. The van der Waals surface area contributed by atoms with E-state index in [4.69, 9.17) is 16.3 Å². The first kappa shape index (κ1) is 21.0. The van der Waals surface area contributed by atoms with Crippen LogP contribution >= 0.6 is 22.9 Å². The maximum Gasteiger partial charge on any atom is 0.295 e. The van der Waals surface area contributed by atoms with Gasteiger partial charge >= 0.3 is 0 Å². The summed E-state index contributed by atoms with van der Waals surface area (Å²) >= 11 is 7.56. The Kier molecular flexibility index (Phi) is 5.71. The molecule has 158 valence electrons. The molecule has 0 saturated carbocycles. The highest BCUT2D eigenvalue weighted by Gasteiger charge is 2.46. The highest BCUT2D eigenvalue weighted by molar-refractivity contribution is 7.09. The number of aliphatic hydroxyl groups excluding tert-OH is 1. The lowest BCUT2D eigenvalue weighted by Crippen LogP contribution is -2.28. The molecule has 1 aliphatic rings. The van der Waals surface area contributed by atoms with Gasteiger partial charge < -0.3 is 19.8 Å². The third-order valence-electron chi connectivity index (χ3n) is 5.05. The third kappa shape index (κ3) is 3.89. The number of benzene rings is 2. The number of ether oxygens (including phenoxy) is 1. The number of nitrogens with zero attached hydrogens (tertiary/aromatic N) is 1. The van der Waals surface area contributed by atoms with Crippen LogP contribution in [0.25, 0.3) is 5.76 Å². The van der Waals surface area contributed by atoms with Gasteiger partial charge in [-0.1, -0.05) is 29.8 Å². The molecule has 2 heterocycles. The molecule has 0 bridgehead atoms. The number of amides is 1. The van der Waals surface area contributed by atoms with Gasteiger partial charge in [-0.3, -0.25) is 9.59 Å². The number of likely N-dealkylation sites (tertiary alicyclic amines) is 1. The number of aliphatic hydroxyl groups is 1. The first-order chi connectivity index (χ1) is 14.9. The molecule has 1 amide bonds. The quantitative estimate of drug-likeness (QED) is 0.329. The van der Waals surface area contributed by atoms with Crippen LogP contribution in [0.1, 0.15) is 22.0 Å². The second-order valence-electron chi connectivity index (χ2n) is 6.95. The Labute approximate surface area is 187 Å². The molecule has 4 rings (SSSR count). The van der Waals surface area contributed by atoms with E-state index in [-0.39, 0.29) is 29.2 Å². The Bertz CT molecular complexity index is 1190. The summed E-state index contributed by atoms with van der Waals surface area (Å²) in [6, 6.07) is 13.8. The molecule has 31 heavy (non-hydrogen) atoms. The molecular formula is C23H18ClNO5S. The molecule has 1 saturated heterocycles. The van der Waals surface area contributed by atoms with E-state index in [1.165, 1.54) is 41.5 Å². The van der Waals surface area contributed by atoms with Crippen molar-refractivity contribution in [3.05, 3.63) is 86.6 Å². The van der Waals surface area contributed by atoms with Gasteiger partial charge in [-0.05, 0) is 47.3 Å². The maximum atomic E-state index is 13.1. The molecule has 6 nitrogen and oxygen atoms in total. The van der Waals surface area contributed by atoms with Crippen LogP contribution < -0.4 is 4.74 Å². The lowest BCUT2D eigenvalue weighted by molar-refractivity contribution is -0.140. The standard InChI is InChI=1S/C23H18ClNO5S/c1-30-18-8-7-14(24)11-17(18)21(27)19-20(13-4-2-5-15(26)10-13)25(23(29)22(19)28)12-16-6-3-9-31-16/h2-11,20,26-27H,12H2,1H3/b21-19+. The highest BCUT2D eigenvalue weighted by atomic mass is 35.5. The van der Waals surface area contributed by atoms with Gasteiger partial charge in [-0.2, -0.15) is 0 Å². The molecule has 1 aromatic heterocycles. The van der Waals surface area contributed by atoms with Gasteiger partial charge in [0.2, 0.25) is 0 Å². The summed E-state index contributed by atoms with van der Waals surface area (Å²) in [5.41, 5.74) is 0.611. The zero-order valence-corrected chi connectivity index (χ0v) is 18.0. The first-order valence-electron chi connectivity index (χ1n) is 9.34. The molecular weight excluding hydrogens is 438 g/mol. The summed E-state index contributed by atoms with van der Waals surface area (Å²) in [7, 11) is 1.43. The Hall–Kier alpha value is -3.29. The molecule has 2 aromatic carbocycles. The van der Waals surface area contributed by atoms with Crippen molar-refractivity contribution in [3.63, 3.8) is 0 Å². The van der Waals surface area contributed by atoms with Crippen LogP contribution in [-0.2, 0) is 16.1 Å². The van der Waals surface area contributed by atoms with E-state index in [0.717, 1.165) is 4.88 Å². The minimum atomic E-state index is -0.891. The number of hydrogen-bond acceptors (Lipinski definition) is 6. The largest absolute Gasteiger partial charge is 0.508 e. The third-order valence-corrected chi connectivity index (χ3v) is 6.15. The molecule has 0 radical (unpaired) electrons. The first-order valence-corrected chi connectivity index (χ1v) is 10.6. The van der Waals surface area contributed by atoms with Crippen molar-refractivity contribution in [2.45, 2.75) is 12.6 Å². The van der Waals surface area contributed by atoms with Crippen LogP contribution in [-0.4, -0.2) is 33.9 Å². The Morgan fingerprint density at radius 1 is 1.16 bits per heavy atom. The van der Waals surface area contributed by atoms with Crippen LogP contribution in [0.4, 0.5) is 0 Å². The van der Waals surface area contributed by atoms with Crippen LogP contribution in [0.2, 0.25) is 5.02 Å². The lowest BCUT2D eigenvalue weighted by atomic mass is 9.95. The van der Waals surface area contributed by atoms with E-state index in [0.29, 0.717) is 16.3 Å². The van der Waals surface area contributed by atoms with Crippen molar-refractivity contribution in [2.75, 3.05) is 7.11 Å². The smallest absolute Gasteiger partial charge is 0.295 e. The fourth-order valence-electron chi connectivity index (χ4n) is 3.67. The number of ketones is 1. The highest BCUT2D eigenvalue weighted by Crippen LogP contribution is 2.42. The van der Waals surface area contributed by atoms with E-state index in [2.05, 4.69) is 0 Å². The number of phenolic OH excluding ortho intramolecular Hbond substituents is 1. The van der Waals surface area contributed by atoms with Gasteiger partial charge in [-0.15, -0.1) is 11.3 Å². The van der Waals surface area contributed by atoms with Crippen LogP contribution in [0.15, 0.2) is 65.6 Å². The minimum Gasteiger partial charge on any atom is -0.508 e. The van der Waals surface area contributed by atoms with Gasteiger partial charge in [0.05, 0.1) is 30.8 Å². The number of hydrogen-bond donors (Lipinski definition) is 2. The predicted molar refractivity (Wildman–Crippen MR) is 118 cm³/mol. The summed E-state index contributed by atoms with van der Waals surface area (Å²) in [5, 5.41) is 23.4. The van der Waals surface area contributed by atoms with Crippen molar-refractivity contribution in [2.24, 2.45) is 0 Å². The molecule has 1 fully saturated rings. The van der Waals surface area contributed by atoms with Crippen molar-refractivity contribution < 1.29 is 24.5 Å². The lowest BCUT2D eigenvalue weighted by Gasteiger charge is -2.25. The number of halogens is 1. The number of phenols is 1. The van der Waals surface area contributed by atoms with Crippen molar-refractivity contribution >= 4 is 40.4 Å². The van der Waals surface area contributed by atoms with Crippen LogP contribution in [0.5, 0.6) is 11.5 Å². The number of Topliss-reactive ketones (excluding diaryl/α,β-unsaturated/α-hetero) is 1. The molecule has 2 N–H and O–H groups in total. The normalized spacial score (nSPS) is 17.9. The molecule has 1 aliphatic heterocycles. The van der Waals surface area contributed by atoms with Crippen LogP contribution in [0, 0.1) is 0 Å². The van der Waals surface area contributed by atoms with Gasteiger partial charge in [0, 0.05) is 9.90 Å². The van der Waals surface area contributed by atoms with Crippen molar-refractivity contribution in [1.29, 1.82) is 0 Å². The number of rotatable bonds is 5. The van der Waals surface area contributed by atoms with Gasteiger partial charge in [0.1, 0.15) is 17.3 Å². The minimum absolute atomic E-state index is 0.0143. The average Bonchev–Trinajstić information content (AvgIpc) is 3.35. The maximum absolute atomic E-state index is 13.1. The Morgan fingerprint density at radius 3 is 2.65 bits per heavy atom. The molecule has 0 spiro atoms. The zero-order chi connectivity index (χ0) is 22.1. The fraction of sp³-hybridized carbons (Fsp3) is 0.130. The second kappa shape index (κ2) is 8.45. The summed E-state index contributed by atoms with van der Waals surface area (Å²) in [5.74, 6) is -1.64. The second-order valence-corrected chi connectivity index (χ2v) is 8.41. The monoisotopic (exact) mass is 455 g/mol. The van der Waals surface area contributed by atoms with Crippen LogP contribution in [0.3, 0.4) is 0 Å². The van der Waals surface area contributed by atoms with Gasteiger partial charge in [-0.25, -0.2) is 0 Å². The number of carbonyl (C=O) groups is 2. The summed E-state index contributed by atoms with van der Waals surface area (Å²) < 4.78 is 5.31. The SMILES string of the molecule is COc1ccc(Cl)cc1/C(O)=C1\C(=O)C(=O)N(Cc2cccs2)C1c1cccc(O)c1. The van der Waals surface area contributed by atoms with E-state index < -0.39 is 17.7 Å². The number of methoxy groups -OCH3 is 1. The predicted octanol–water partition coefficient (Wildman–Crippen LogP) is 4.74. The zero-order valence-electron chi connectivity index (χ0n) is 16.4. The number of thiophene rings is 1. The van der Waals surface area contributed by atoms with E-state index in [1.54, 1.807) is 24.3 Å².